The third kappa shape index (κ3) is 3.89. The number of halogens is 1. The molecule has 3 rings (SSSR count). The lowest BCUT2D eigenvalue weighted by molar-refractivity contribution is 0.180. The van der Waals surface area contributed by atoms with Gasteiger partial charge in [0.15, 0.2) is 0 Å². The van der Waals surface area contributed by atoms with Crippen LogP contribution in [0, 0.1) is 12.8 Å². The second kappa shape index (κ2) is 7.33. The quantitative estimate of drug-likeness (QED) is 0.904. The van der Waals surface area contributed by atoms with Crippen LogP contribution < -0.4 is 10.1 Å². The molecule has 0 radical (unpaired) electrons. The first-order valence-corrected chi connectivity index (χ1v) is 7.76. The molecule has 0 unspecified atom stereocenters. The maximum atomic E-state index is 6.01. The number of nitrogens with one attached hydrogen (secondary N) is 1. The zero-order valence-corrected chi connectivity index (χ0v) is 13.2. The zero-order valence-electron chi connectivity index (χ0n) is 12.4. The van der Waals surface area contributed by atoms with Crippen LogP contribution in [0.3, 0.4) is 0 Å². The highest BCUT2D eigenvalue weighted by Crippen LogP contribution is 2.31. The van der Waals surface area contributed by atoms with E-state index in [1.54, 1.807) is 0 Å². The number of hydrogen-bond donors (Lipinski definition) is 1. The van der Waals surface area contributed by atoms with Crippen LogP contribution in [0.5, 0.6) is 5.75 Å². The van der Waals surface area contributed by atoms with Gasteiger partial charge < -0.3 is 10.1 Å². The summed E-state index contributed by atoms with van der Waals surface area (Å²) < 4.78 is 6.01. The SMILES string of the molecule is Cc1cc(OCC2CCC2)cc(C2CCNCC2)c1.Cl. The van der Waals surface area contributed by atoms with Crippen LogP contribution in [0.4, 0.5) is 0 Å². The molecule has 1 aliphatic heterocycles. The standard InChI is InChI=1S/C17H25NO.ClH/c1-13-9-16(15-5-7-18-8-6-15)11-17(10-13)19-12-14-3-2-4-14;/h9-11,14-15,18H,2-8,12H2,1H3;1H. The smallest absolute Gasteiger partial charge is 0.119 e. The summed E-state index contributed by atoms with van der Waals surface area (Å²) in [6.07, 6.45) is 6.61. The monoisotopic (exact) mass is 295 g/mol. The van der Waals surface area contributed by atoms with E-state index in [9.17, 15) is 0 Å². The molecule has 2 nitrogen and oxygen atoms in total. The molecule has 1 aliphatic carbocycles. The fraction of sp³-hybridized carbons (Fsp3) is 0.647. The minimum absolute atomic E-state index is 0. The van der Waals surface area contributed by atoms with Crippen LogP contribution in [-0.4, -0.2) is 19.7 Å². The van der Waals surface area contributed by atoms with E-state index in [0.29, 0.717) is 5.92 Å². The highest BCUT2D eigenvalue weighted by Gasteiger charge is 2.19. The minimum Gasteiger partial charge on any atom is -0.493 e. The summed E-state index contributed by atoms with van der Waals surface area (Å²) in [6.45, 7) is 5.39. The Morgan fingerprint density at radius 3 is 2.50 bits per heavy atom. The van der Waals surface area contributed by atoms with E-state index in [4.69, 9.17) is 4.74 Å². The highest BCUT2D eigenvalue weighted by atomic mass is 35.5. The first-order chi connectivity index (χ1) is 9.31. The maximum absolute atomic E-state index is 6.01. The number of benzene rings is 1. The summed E-state index contributed by atoms with van der Waals surface area (Å²) in [5.41, 5.74) is 2.81. The van der Waals surface area contributed by atoms with Crippen molar-refractivity contribution in [1.82, 2.24) is 5.32 Å². The van der Waals surface area contributed by atoms with Gasteiger partial charge in [0.1, 0.15) is 5.75 Å². The Hall–Kier alpha value is -0.730. The molecular weight excluding hydrogens is 270 g/mol. The Morgan fingerprint density at radius 2 is 1.85 bits per heavy atom. The summed E-state index contributed by atoms with van der Waals surface area (Å²) in [4.78, 5) is 0. The van der Waals surface area contributed by atoms with Gasteiger partial charge in [-0.05, 0) is 80.8 Å². The number of hydrogen-bond acceptors (Lipinski definition) is 2. The molecule has 0 spiro atoms. The average molecular weight is 296 g/mol. The van der Waals surface area contributed by atoms with Crippen molar-refractivity contribution in [3.63, 3.8) is 0 Å². The fourth-order valence-corrected chi connectivity index (χ4v) is 3.12. The predicted octanol–water partition coefficient (Wildman–Crippen LogP) is 4.06. The van der Waals surface area contributed by atoms with E-state index in [1.165, 1.54) is 43.2 Å². The molecule has 1 aromatic carbocycles. The summed E-state index contributed by atoms with van der Waals surface area (Å²) in [5.74, 6) is 2.61. The minimum atomic E-state index is 0. The topological polar surface area (TPSA) is 21.3 Å². The molecule has 1 aromatic rings. The summed E-state index contributed by atoms with van der Waals surface area (Å²) in [5, 5.41) is 3.44. The molecule has 0 aromatic heterocycles. The second-order valence-corrected chi connectivity index (χ2v) is 6.21. The van der Waals surface area contributed by atoms with Crippen LogP contribution in [0.2, 0.25) is 0 Å². The lowest BCUT2D eigenvalue weighted by Crippen LogP contribution is -2.26. The van der Waals surface area contributed by atoms with Gasteiger partial charge in [0, 0.05) is 0 Å². The van der Waals surface area contributed by atoms with E-state index in [-0.39, 0.29) is 12.4 Å². The third-order valence-corrected chi connectivity index (χ3v) is 4.59. The third-order valence-electron chi connectivity index (χ3n) is 4.59. The molecular formula is C17H26ClNO. The predicted molar refractivity (Wildman–Crippen MR) is 86.1 cm³/mol. The first kappa shape index (κ1) is 15.7. The van der Waals surface area contributed by atoms with Crippen LogP contribution in [0.1, 0.15) is 49.1 Å². The zero-order chi connectivity index (χ0) is 13.1. The molecule has 2 aliphatic rings. The van der Waals surface area contributed by atoms with Crippen LogP contribution in [-0.2, 0) is 0 Å². The van der Waals surface area contributed by atoms with E-state index in [0.717, 1.165) is 31.4 Å². The molecule has 0 bridgehead atoms. The van der Waals surface area contributed by atoms with Gasteiger partial charge in [0.25, 0.3) is 0 Å². The number of rotatable bonds is 4. The van der Waals surface area contributed by atoms with Gasteiger partial charge in [-0.2, -0.15) is 0 Å². The Bertz CT molecular complexity index is 425. The maximum Gasteiger partial charge on any atom is 0.119 e. The average Bonchev–Trinajstić information content (AvgIpc) is 2.37. The van der Waals surface area contributed by atoms with Gasteiger partial charge in [-0.3, -0.25) is 0 Å². The Kier molecular flexibility index (Phi) is 5.74. The van der Waals surface area contributed by atoms with Crippen LogP contribution >= 0.6 is 12.4 Å². The van der Waals surface area contributed by atoms with Gasteiger partial charge in [0.05, 0.1) is 6.61 Å². The molecule has 3 heteroatoms. The van der Waals surface area contributed by atoms with Gasteiger partial charge in [-0.1, -0.05) is 12.5 Å². The summed E-state index contributed by atoms with van der Waals surface area (Å²) >= 11 is 0. The van der Waals surface area contributed by atoms with Crippen molar-refractivity contribution >= 4 is 12.4 Å². The molecule has 1 heterocycles. The normalized spacial score (nSPS) is 20.1. The van der Waals surface area contributed by atoms with Crippen molar-refractivity contribution in [3.8, 4) is 5.75 Å². The molecule has 20 heavy (non-hydrogen) atoms. The number of ether oxygens (including phenoxy) is 1. The van der Waals surface area contributed by atoms with E-state index in [2.05, 4.69) is 30.4 Å². The molecule has 112 valence electrons. The van der Waals surface area contributed by atoms with Crippen molar-refractivity contribution in [2.45, 2.75) is 44.9 Å². The Balaban J connectivity index is 0.00000147. The van der Waals surface area contributed by atoms with Crippen molar-refractivity contribution in [2.24, 2.45) is 5.92 Å². The van der Waals surface area contributed by atoms with Crippen molar-refractivity contribution < 1.29 is 4.74 Å². The highest BCUT2D eigenvalue weighted by molar-refractivity contribution is 5.85. The van der Waals surface area contributed by atoms with Gasteiger partial charge >= 0.3 is 0 Å². The van der Waals surface area contributed by atoms with Crippen molar-refractivity contribution in [3.05, 3.63) is 29.3 Å². The second-order valence-electron chi connectivity index (χ2n) is 6.21. The van der Waals surface area contributed by atoms with Gasteiger partial charge in [-0.25, -0.2) is 0 Å². The molecule has 1 saturated heterocycles. The van der Waals surface area contributed by atoms with Gasteiger partial charge in [0.2, 0.25) is 0 Å². The lowest BCUT2D eigenvalue weighted by atomic mass is 9.86. The summed E-state index contributed by atoms with van der Waals surface area (Å²) in [6, 6.07) is 6.80. The molecule has 0 atom stereocenters. The fourth-order valence-electron chi connectivity index (χ4n) is 3.12. The Labute approximate surface area is 128 Å². The van der Waals surface area contributed by atoms with E-state index in [1.807, 2.05) is 0 Å². The van der Waals surface area contributed by atoms with Gasteiger partial charge in [-0.15, -0.1) is 12.4 Å². The largest absolute Gasteiger partial charge is 0.493 e. The number of aryl methyl sites for hydroxylation is 1. The Morgan fingerprint density at radius 1 is 1.10 bits per heavy atom. The lowest BCUT2D eigenvalue weighted by Gasteiger charge is -2.26. The van der Waals surface area contributed by atoms with Crippen molar-refractivity contribution in [2.75, 3.05) is 19.7 Å². The van der Waals surface area contributed by atoms with Crippen molar-refractivity contribution in [1.29, 1.82) is 0 Å². The van der Waals surface area contributed by atoms with Crippen LogP contribution in [0.15, 0.2) is 18.2 Å². The van der Waals surface area contributed by atoms with Crippen LogP contribution in [0.25, 0.3) is 0 Å². The molecule has 1 saturated carbocycles. The molecule has 1 N–H and O–H groups in total. The molecule has 0 amide bonds. The summed E-state index contributed by atoms with van der Waals surface area (Å²) in [7, 11) is 0. The van der Waals surface area contributed by atoms with E-state index >= 15 is 0 Å². The molecule has 2 fully saturated rings. The number of piperidine rings is 1. The van der Waals surface area contributed by atoms with E-state index < -0.39 is 0 Å². The first-order valence-electron chi connectivity index (χ1n) is 7.76.